The summed E-state index contributed by atoms with van der Waals surface area (Å²) in [4.78, 5) is 14.4. The van der Waals surface area contributed by atoms with Crippen molar-refractivity contribution in [3.8, 4) is 22.8 Å². The SMILES string of the molecule is CCCC(C1CC1)n1c(CC)nc2c(-c3cc(OC)c(OC)cc3C)ncnc21. The van der Waals surface area contributed by atoms with Gasteiger partial charge in [0, 0.05) is 18.0 Å². The van der Waals surface area contributed by atoms with Crippen LogP contribution >= 0.6 is 0 Å². The monoisotopic (exact) mass is 394 g/mol. The number of methoxy groups -OCH3 is 2. The van der Waals surface area contributed by atoms with Gasteiger partial charge in [-0.05, 0) is 49.8 Å². The molecule has 29 heavy (non-hydrogen) atoms. The molecule has 1 aliphatic carbocycles. The second kappa shape index (κ2) is 8.01. The lowest BCUT2D eigenvalue weighted by atomic mass is 10.0. The number of benzene rings is 1. The lowest BCUT2D eigenvalue weighted by Gasteiger charge is -2.20. The van der Waals surface area contributed by atoms with Crippen molar-refractivity contribution in [3.63, 3.8) is 0 Å². The van der Waals surface area contributed by atoms with Gasteiger partial charge in [-0.25, -0.2) is 15.0 Å². The summed E-state index contributed by atoms with van der Waals surface area (Å²) in [6.07, 6.45) is 7.49. The zero-order valence-electron chi connectivity index (χ0n) is 18.0. The molecule has 1 unspecified atom stereocenters. The number of rotatable bonds is 8. The highest BCUT2D eigenvalue weighted by Crippen LogP contribution is 2.44. The molecule has 1 saturated carbocycles. The first-order valence-corrected chi connectivity index (χ1v) is 10.6. The van der Waals surface area contributed by atoms with E-state index in [-0.39, 0.29) is 0 Å². The first-order valence-electron chi connectivity index (χ1n) is 10.6. The second-order valence-corrected chi connectivity index (χ2v) is 7.86. The van der Waals surface area contributed by atoms with Crippen LogP contribution in [0.4, 0.5) is 0 Å². The van der Waals surface area contributed by atoms with E-state index in [0.29, 0.717) is 11.8 Å². The van der Waals surface area contributed by atoms with Gasteiger partial charge in [0.2, 0.25) is 0 Å². The molecule has 0 N–H and O–H groups in total. The Labute approximate surface area is 172 Å². The quantitative estimate of drug-likeness (QED) is 0.530. The average Bonchev–Trinajstić information content (AvgIpc) is 3.51. The number of fused-ring (bicyclic) bond motifs is 1. The van der Waals surface area contributed by atoms with Crippen molar-refractivity contribution in [2.45, 2.75) is 58.9 Å². The van der Waals surface area contributed by atoms with E-state index < -0.39 is 0 Å². The van der Waals surface area contributed by atoms with E-state index in [1.54, 1.807) is 20.5 Å². The number of imidazole rings is 1. The predicted octanol–water partition coefficient (Wildman–Crippen LogP) is 5.13. The van der Waals surface area contributed by atoms with Crippen LogP contribution < -0.4 is 9.47 Å². The Balaban J connectivity index is 1.92. The highest BCUT2D eigenvalue weighted by molar-refractivity contribution is 5.89. The molecular formula is C23H30N4O2. The molecule has 0 spiro atoms. The highest BCUT2D eigenvalue weighted by Gasteiger charge is 2.34. The van der Waals surface area contributed by atoms with Crippen molar-refractivity contribution in [2.24, 2.45) is 5.92 Å². The third kappa shape index (κ3) is 3.45. The van der Waals surface area contributed by atoms with Gasteiger partial charge in [-0.3, -0.25) is 0 Å². The molecule has 4 rings (SSSR count). The summed E-state index contributed by atoms with van der Waals surface area (Å²) in [7, 11) is 3.31. The summed E-state index contributed by atoms with van der Waals surface area (Å²) in [5, 5.41) is 0. The summed E-state index contributed by atoms with van der Waals surface area (Å²) >= 11 is 0. The van der Waals surface area contributed by atoms with Crippen molar-refractivity contribution in [1.82, 2.24) is 19.5 Å². The zero-order valence-corrected chi connectivity index (χ0v) is 18.0. The van der Waals surface area contributed by atoms with Crippen molar-refractivity contribution in [3.05, 3.63) is 29.8 Å². The summed E-state index contributed by atoms with van der Waals surface area (Å²) in [5.74, 6) is 3.26. The van der Waals surface area contributed by atoms with Crippen molar-refractivity contribution in [2.75, 3.05) is 14.2 Å². The first kappa shape index (κ1) is 19.7. The van der Waals surface area contributed by atoms with Gasteiger partial charge in [-0.15, -0.1) is 0 Å². The Morgan fingerprint density at radius 1 is 1.10 bits per heavy atom. The summed E-state index contributed by atoms with van der Waals surface area (Å²) in [6.45, 7) is 6.49. The first-order chi connectivity index (χ1) is 14.1. The van der Waals surface area contributed by atoms with Gasteiger partial charge in [-0.1, -0.05) is 20.3 Å². The molecule has 0 aliphatic heterocycles. The van der Waals surface area contributed by atoms with Gasteiger partial charge in [0.15, 0.2) is 17.1 Å². The lowest BCUT2D eigenvalue weighted by Crippen LogP contribution is -2.14. The molecule has 2 heterocycles. The molecule has 1 fully saturated rings. The Morgan fingerprint density at radius 2 is 1.83 bits per heavy atom. The summed E-state index contributed by atoms with van der Waals surface area (Å²) < 4.78 is 13.4. The van der Waals surface area contributed by atoms with E-state index >= 15 is 0 Å². The maximum absolute atomic E-state index is 5.53. The predicted molar refractivity (Wildman–Crippen MR) is 115 cm³/mol. The molecule has 0 radical (unpaired) electrons. The Kier molecular flexibility index (Phi) is 5.43. The summed E-state index contributed by atoms with van der Waals surface area (Å²) in [6, 6.07) is 4.46. The fourth-order valence-corrected chi connectivity index (χ4v) is 4.34. The van der Waals surface area contributed by atoms with Crippen molar-refractivity contribution < 1.29 is 9.47 Å². The van der Waals surface area contributed by atoms with Gasteiger partial charge in [-0.2, -0.15) is 0 Å². The van der Waals surface area contributed by atoms with Crippen LogP contribution in [0.15, 0.2) is 18.5 Å². The van der Waals surface area contributed by atoms with Crippen LogP contribution in [0.5, 0.6) is 11.5 Å². The lowest BCUT2D eigenvalue weighted by molar-refractivity contribution is 0.355. The number of aromatic nitrogens is 4. The minimum Gasteiger partial charge on any atom is -0.493 e. The van der Waals surface area contributed by atoms with E-state index in [9.17, 15) is 0 Å². The van der Waals surface area contributed by atoms with Crippen LogP contribution in [0.3, 0.4) is 0 Å². The smallest absolute Gasteiger partial charge is 0.164 e. The van der Waals surface area contributed by atoms with Crippen LogP contribution in [-0.2, 0) is 6.42 Å². The van der Waals surface area contributed by atoms with Gasteiger partial charge in [0.25, 0.3) is 0 Å². The number of nitrogens with zero attached hydrogens (tertiary/aromatic N) is 4. The van der Waals surface area contributed by atoms with Crippen LogP contribution in [0, 0.1) is 12.8 Å². The fraction of sp³-hybridized carbons (Fsp3) is 0.522. The standard InChI is InChI=1S/C23H30N4O2/c1-6-8-17(15-9-10-15)27-20(7-2)26-22-21(24-13-25-23(22)27)16-12-19(29-5)18(28-4)11-14(16)3/h11-13,15,17H,6-10H2,1-5H3. The maximum Gasteiger partial charge on any atom is 0.164 e. The van der Waals surface area contributed by atoms with Gasteiger partial charge in [0.05, 0.1) is 14.2 Å². The Bertz CT molecular complexity index is 1020. The number of hydrogen-bond donors (Lipinski definition) is 0. The fourth-order valence-electron chi connectivity index (χ4n) is 4.34. The topological polar surface area (TPSA) is 62.1 Å². The molecule has 0 bridgehead atoms. The molecule has 0 amide bonds. The average molecular weight is 395 g/mol. The van der Waals surface area contributed by atoms with E-state index in [0.717, 1.165) is 64.7 Å². The molecule has 6 nitrogen and oxygen atoms in total. The molecule has 1 atom stereocenters. The molecule has 154 valence electrons. The molecule has 2 aromatic heterocycles. The Hall–Kier alpha value is -2.63. The van der Waals surface area contributed by atoms with Crippen molar-refractivity contribution in [1.29, 1.82) is 0 Å². The molecule has 0 saturated heterocycles. The largest absolute Gasteiger partial charge is 0.493 e. The van der Waals surface area contributed by atoms with E-state index in [4.69, 9.17) is 14.5 Å². The molecule has 3 aromatic rings. The normalized spacial score (nSPS) is 14.9. The van der Waals surface area contributed by atoms with Crippen LogP contribution in [-0.4, -0.2) is 33.7 Å². The Morgan fingerprint density at radius 3 is 2.45 bits per heavy atom. The van der Waals surface area contributed by atoms with Gasteiger partial charge < -0.3 is 14.0 Å². The zero-order chi connectivity index (χ0) is 20.5. The number of hydrogen-bond acceptors (Lipinski definition) is 5. The van der Waals surface area contributed by atoms with E-state index in [1.165, 1.54) is 12.8 Å². The summed E-state index contributed by atoms with van der Waals surface area (Å²) in [5.41, 5.74) is 4.75. The van der Waals surface area contributed by atoms with E-state index in [2.05, 4.69) is 35.3 Å². The minimum absolute atomic E-state index is 0.481. The second-order valence-electron chi connectivity index (χ2n) is 7.86. The molecule has 1 aromatic carbocycles. The van der Waals surface area contributed by atoms with Gasteiger partial charge >= 0.3 is 0 Å². The third-order valence-corrected chi connectivity index (χ3v) is 5.93. The molecular weight excluding hydrogens is 364 g/mol. The minimum atomic E-state index is 0.481. The van der Waals surface area contributed by atoms with E-state index in [1.807, 2.05) is 12.1 Å². The number of ether oxygens (including phenoxy) is 2. The highest BCUT2D eigenvalue weighted by atomic mass is 16.5. The third-order valence-electron chi connectivity index (χ3n) is 5.93. The maximum atomic E-state index is 5.53. The molecule has 6 heteroatoms. The van der Waals surface area contributed by atoms with Crippen molar-refractivity contribution >= 4 is 11.2 Å². The van der Waals surface area contributed by atoms with Crippen LogP contribution in [0.25, 0.3) is 22.4 Å². The van der Waals surface area contributed by atoms with Gasteiger partial charge in [0.1, 0.15) is 23.4 Å². The molecule has 1 aliphatic rings. The van der Waals surface area contributed by atoms with Crippen LogP contribution in [0.2, 0.25) is 0 Å². The van der Waals surface area contributed by atoms with Crippen LogP contribution in [0.1, 0.15) is 57.0 Å². The number of aryl methyl sites for hydroxylation is 2.